The Morgan fingerprint density at radius 1 is 0.829 bits per heavy atom. The first-order valence-corrected chi connectivity index (χ1v) is 13.8. The molecule has 2 aromatic carbocycles. The molecule has 0 unspecified atom stereocenters. The summed E-state index contributed by atoms with van der Waals surface area (Å²) in [5.41, 5.74) is -0.351. The van der Waals surface area contributed by atoms with E-state index < -0.39 is 41.9 Å². The summed E-state index contributed by atoms with van der Waals surface area (Å²) < 4.78 is 99.9. The van der Waals surface area contributed by atoms with E-state index in [0.29, 0.717) is 16.9 Å². The smallest absolute Gasteiger partial charge is 0.451 e. The fraction of sp³-hybridized carbons (Fsp3) is 0.0909. The number of hydrogen-bond donors (Lipinski definition) is 0. The number of rotatable bonds is 5. The third kappa shape index (κ3) is 5.12. The van der Waals surface area contributed by atoms with E-state index in [0.717, 1.165) is 6.26 Å². The van der Waals surface area contributed by atoms with Gasteiger partial charge in [-0.05, 0) is 29.1 Å². The molecule has 13 heteroatoms. The minimum absolute atomic E-state index is 0.0500. The van der Waals surface area contributed by atoms with Gasteiger partial charge in [0, 0.05) is 22.9 Å². The largest absolute Gasteiger partial charge is 0.743 e. The summed E-state index contributed by atoms with van der Waals surface area (Å²) >= 11 is 0.566. The molecule has 0 atom stereocenters. The van der Waals surface area contributed by atoms with Crippen molar-refractivity contribution in [1.29, 1.82) is 0 Å². The van der Waals surface area contributed by atoms with Crippen molar-refractivity contribution < 1.29 is 34.6 Å². The van der Waals surface area contributed by atoms with Crippen molar-refractivity contribution in [3.05, 3.63) is 71.9 Å². The predicted molar refractivity (Wildman–Crippen MR) is 122 cm³/mol. The zero-order valence-corrected chi connectivity index (χ0v) is 20.1. The first-order valence-electron chi connectivity index (χ1n) is 9.66. The molecule has 4 aromatic rings. The number of hydrogen-bond acceptors (Lipinski definition) is 8. The first-order chi connectivity index (χ1) is 16.3. The van der Waals surface area contributed by atoms with Crippen molar-refractivity contribution in [2.24, 2.45) is 0 Å². The molecule has 2 heterocycles. The zero-order chi connectivity index (χ0) is 25.6. The van der Waals surface area contributed by atoms with Gasteiger partial charge in [0.25, 0.3) is 0 Å². The van der Waals surface area contributed by atoms with Gasteiger partial charge < -0.3 is 4.55 Å². The van der Waals surface area contributed by atoms with Crippen LogP contribution in [0.1, 0.15) is 5.82 Å². The van der Waals surface area contributed by atoms with E-state index in [4.69, 9.17) is 0 Å². The number of halogens is 3. The number of sulfone groups is 1. The van der Waals surface area contributed by atoms with Crippen molar-refractivity contribution >= 4 is 31.3 Å². The predicted octanol–water partition coefficient (Wildman–Crippen LogP) is 4.87. The Kier molecular flexibility index (Phi) is 6.30. The molecule has 35 heavy (non-hydrogen) atoms. The lowest BCUT2D eigenvalue weighted by Crippen LogP contribution is -2.14. The molecule has 182 valence electrons. The molecule has 0 N–H and O–H groups in total. The average molecular weight is 540 g/mol. The monoisotopic (exact) mass is 539 g/mol. The van der Waals surface area contributed by atoms with Crippen LogP contribution in [-0.4, -0.2) is 37.6 Å². The number of thiophene rings is 1. The summed E-state index contributed by atoms with van der Waals surface area (Å²) in [6.45, 7) is 0. The van der Waals surface area contributed by atoms with E-state index in [-0.39, 0.29) is 27.3 Å². The molecule has 7 nitrogen and oxygen atoms in total. The summed E-state index contributed by atoms with van der Waals surface area (Å²) in [6.07, 6.45) is -4.01. The molecule has 0 amide bonds. The standard InChI is InChI=1S/C22H15F3N2O5S3/c1-34(28,29)15-9-7-14(8-10-15)18-17(13-5-3-2-4-6-13)19(27-21(26-18)22(23,24)25)16-11-12-33-20(16)35(30,31)32/h2-12H,1H3,(H,30,31,32)/p-1. The molecule has 0 radical (unpaired) electrons. The summed E-state index contributed by atoms with van der Waals surface area (Å²) in [4.78, 5) is 7.34. The highest BCUT2D eigenvalue weighted by Gasteiger charge is 2.37. The molecule has 0 aliphatic rings. The molecule has 0 aliphatic heterocycles. The minimum Gasteiger partial charge on any atom is -0.743 e. The van der Waals surface area contributed by atoms with Crippen LogP contribution < -0.4 is 0 Å². The van der Waals surface area contributed by atoms with Gasteiger partial charge in [0.2, 0.25) is 5.82 Å². The Bertz CT molecular complexity index is 1620. The van der Waals surface area contributed by atoms with E-state index in [1.54, 1.807) is 30.3 Å². The van der Waals surface area contributed by atoms with Crippen LogP contribution in [0.25, 0.3) is 33.6 Å². The average Bonchev–Trinajstić information content (AvgIpc) is 3.28. The van der Waals surface area contributed by atoms with Gasteiger partial charge in [-0.25, -0.2) is 26.8 Å². The van der Waals surface area contributed by atoms with Gasteiger partial charge >= 0.3 is 6.18 Å². The molecule has 0 fully saturated rings. The van der Waals surface area contributed by atoms with Gasteiger partial charge in [-0.15, -0.1) is 11.3 Å². The highest BCUT2D eigenvalue weighted by atomic mass is 32.3. The second-order valence-electron chi connectivity index (χ2n) is 7.36. The third-order valence-electron chi connectivity index (χ3n) is 4.89. The third-order valence-corrected chi connectivity index (χ3v) is 8.30. The Hall–Kier alpha value is -3.13. The highest BCUT2D eigenvalue weighted by Crippen LogP contribution is 2.43. The van der Waals surface area contributed by atoms with Crippen LogP contribution in [0.15, 0.2) is 75.1 Å². The van der Waals surface area contributed by atoms with Crippen LogP contribution in [-0.2, 0) is 26.1 Å². The topological polar surface area (TPSA) is 117 Å². The molecule has 0 saturated carbocycles. The number of nitrogens with zero attached hydrogens (tertiary/aromatic N) is 2. The zero-order valence-electron chi connectivity index (χ0n) is 17.6. The van der Waals surface area contributed by atoms with Gasteiger partial charge in [0.1, 0.15) is 14.3 Å². The molecule has 4 rings (SSSR count). The Morgan fingerprint density at radius 3 is 1.97 bits per heavy atom. The normalized spacial score (nSPS) is 12.6. The number of alkyl halides is 3. The van der Waals surface area contributed by atoms with Gasteiger partial charge in [-0.3, -0.25) is 0 Å². The molecular weight excluding hydrogens is 525 g/mol. The highest BCUT2D eigenvalue weighted by molar-refractivity contribution is 7.90. The lowest BCUT2D eigenvalue weighted by Gasteiger charge is -2.18. The Morgan fingerprint density at radius 2 is 1.43 bits per heavy atom. The summed E-state index contributed by atoms with van der Waals surface area (Å²) in [5.74, 6) is -1.55. The van der Waals surface area contributed by atoms with Crippen molar-refractivity contribution in [2.75, 3.05) is 6.26 Å². The van der Waals surface area contributed by atoms with Gasteiger partial charge in [0.05, 0.1) is 16.3 Å². The van der Waals surface area contributed by atoms with Gasteiger partial charge in [-0.2, -0.15) is 13.2 Å². The van der Waals surface area contributed by atoms with E-state index >= 15 is 0 Å². The van der Waals surface area contributed by atoms with E-state index in [2.05, 4.69) is 9.97 Å². The molecule has 2 aromatic heterocycles. The van der Waals surface area contributed by atoms with E-state index in [1.165, 1.54) is 35.7 Å². The van der Waals surface area contributed by atoms with Crippen LogP contribution >= 0.6 is 11.3 Å². The van der Waals surface area contributed by atoms with Crippen LogP contribution in [0.5, 0.6) is 0 Å². The van der Waals surface area contributed by atoms with E-state index in [9.17, 15) is 34.6 Å². The minimum atomic E-state index is -5.02. The lowest BCUT2D eigenvalue weighted by atomic mass is 9.95. The van der Waals surface area contributed by atoms with Crippen LogP contribution in [0, 0.1) is 0 Å². The lowest BCUT2D eigenvalue weighted by molar-refractivity contribution is -0.144. The number of aromatic nitrogens is 2. The maximum Gasteiger partial charge on any atom is 0.451 e. The Labute approximate surface area is 202 Å². The summed E-state index contributed by atoms with van der Waals surface area (Å²) in [7, 11) is -8.60. The molecule has 0 aliphatic carbocycles. The summed E-state index contributed by atoms with van der Waals surface area (Å²) in [6, 6.07) is 14.3. The SMILES string of the molecule is CS(=O)(=O)c1ccc(-c2nc(C(F)(F)F)nc(-c3ccsc3S(=O)(=O)[O-])c2-c2ccccc2)cc1. The molecule has 0 bridgehead atoms. The van der Waals surface area contributed by atoms with Crippen LogP contribution in [0.4, 0.5) is 13.2 Å². The van der Waals surface area contributed by atoms with Gasteiger partial charge in [-0.1, -0.05) is 42.5 Å². The second-order valence-corrected chi connectivity index (χ2v) is 11.9. The van der Waals surface area contributed by atoms with E-state index in [1.807, 2.05) is 0 Å². The van der Waals surface area contributed by atoms with Crippen LogP contribution in [0.2, 0.25) is 0 Å². The molecular formula is C22H14F3N2O5S3-. The van der Waals surface area contributed by atoms with Crippen molar-refractivity contribution in [2.45, 2.75) is 15.3 Å². The second kappa shape index (κ2) is 8.82. The first kappa shape index (κ1) is 25.0. The van der Waals surface area contributed by atoms with Crippen molar-refractivity contribution in [1.82, 2.24) is 9.97 Å². The molecule has 0 spiro atoms. The fourth-order valence-corrected chi connectivity index (χ4v) is 5.72. The van der Waals surface area contributed by atoms with Gasteiger partial charge in [0.15, 0.2) is 9.84 Å². The summed E-state index contributed by atoms with van der Waals surface area (Å²) in [5, 5.41) is 1.27. The van der Waals surface area contributed by atoms with Crippen molar-refractivity contribution in [3.63, 3.8) is 0 Å². The quantitative estimate of drug-likeness (QED) is 0.332. The maximum absolute atomic E-state index is 13.8. The van der Waals surface area contributed by atoms with Crippen molar-refractivity contribution in [3.8, 4) is 33.6 Å². The Balaban J connectivity index is 2.13. The van der Waals surface area contributed by atoms with Crippen LogP contribution in [0.3, 0.4) is 0 Å². The fourth-order valence-electron chi connectivity index (χ4n) is 3.39. The maximum atomic E-state index is 13.8. The number of benzene rings is 2. The molecule has 0 saturated heterocycles.